The maximum absolute atomic E-state index is 12.9. The molecule has 7 heteroatoms. The summed E-state index contributed by atoms with van der Waals surface area (Å²) >= 11 is 0. The zero-order chi connectivity index (χ0) is 20.4. The lowest BCUT2D eigenvalue weighted by atomic mass is 10.1. The van der Waals surface area contributed by atoms with Gasteiger partial charge in [0.1, 0.15) is 5.82 Å². The SMILES string of the molecule is Cc1cc(/C=N\NC(=O)Cc2ccc(F)cc2)c(C)n1-c1ccc2c(c1)OCO2. The van der Waals surface area contributed by atoms with Gasteiger partial charge in [-0.2, -0.15) is 5.10 Å². The van der Waals surface area contributed by atoms with E-state index in [0.29, 0.717) is 0 Å². The molecule has 148 valence electrons. The standard InChI is InChI=1S/C22H20FN3O3/c1-14-9-17(12-24-25-22(27)10-16-3-5-18(23)6-4-16)15(2)26(14)19-7-8-20-21(11-19)29-13-28-20/h3-9,11-12H,10,13H2,1-2H3,(H,25,27)/b24-12-. The third-order valence-electron chi connectivity index (χ3n) is 4.76. The summed E-state index contributed by atoms with van der Waals surface area (Å²) in [6.45, 7) is 4.22. The van der Waals surface area contributed by atoms with E-state index in [0.717, 1.165) is 39.7 Å². The highest BCUT2D eigenvalue weighted by molar-refractivity contribution is 5.84. The smallest absolute Gasteiger partial charge is 0.244 e. The number of hydrogen-bond acceptors (Lipinski definition) is 4. The number of halogens is 1. The Kier molecular flexibility index (Phi) is 5.03. The van der Waals surface area contributed by atoms with Crippen LogP contribution in [-0.2, 0) is 11.2 Å². The van der Waals surface area contributed by atoms with E-state index >= 15 is 0 Å². The number of fused-ring (bicyclic) bond motifs is 1. The van der Waals surface area contributed by atoms with Crippen molar-refractivity contribution >= 4 is 12.1 Å². The van der Waals surface area contributed by atoms with Crippen LogP contribution in [0.15, 0.2) is 53.6 Å². The number of benzene rings is 2. The molecule has 1 amide bonds. The van der Waals surface area contributed by atoms with Gasteiger partial charge in [0.2, 0.25) is 12.7 Å². The zero-order valence-corrected chi connectivity index (χ0v) is 16.1. The minimum absolute atomic E-state index is 0.133. The number of nitrogens with one attached hydrogen (secondary N) is 1. The second-order valence-electron chi connectivity index (χ2n) is 6.80. The second-order valence-corrected chi connectivity index (χ2v) is 6.80. The monoisotopic (exact) mass is 393 g/mol. The lowest BCUT2D eigenvalue weighted by Gasteiger charge is -2.10. The minimum Gasteiger partial charge on any atom is -0.454 e. The molecule has 1 aliphatic rings. The molecular weight excluding hydrogens is 373 g/mol. The first-order chi connectivity index (χ1) is 14.0. The highest BCUT2D eigenvalue weighted by Crippen LogP contribution is 2.34. The Bertz CT molecular complexity index is 1090. The van der Waals surface area contributed by atoms with Crippen molar-refractivity contribution in [1.29, 1.82) is 0 Å². The van der Waals surface area contributed by atoms with Crippen molar-refractivity contribution in [3.63, 3.8) is 0 Å². The summed E-state index contributed by atoms with van der Waals surface area (Å²) in [5.41, 5.74) is 7.10. The summed E-state index contributed by atoms with van der Waals surface area (Å²) in [5, 5.41) is 4.07. The van der Waals surface area contributed by atoms with Crippen molar-refractivity contribution < 1.29 is 18.7 Å². The Balaban J connectivity index is 1.46. The Morgan fingerprint density at radius 2 is 1.90 bits per heavy atom. The van der Waals surface area contributed by atoms with E-state index in [1.807, 2.05) is 38.1 Å². The van der Waals surface area contributed by atoms with Crippen LogP contribution >= 0.6 is 0 Å². The number of amides is 1. The van der Waals surface area contributed by atoms with E-state index in [9.17, 15) is 9.18 Å². The van der Waals surface area contributed by atoms with E-state index < -0.39 is 0 Å². The van der Waals surface area contributed by atoms with Crippen LogP contribution in [0, 0.1) is 19.7 Å². The van der Waals surface area contributed by atoms with Crippen molar-refractivity contribution in [3.05, 3.63) is 76.9 Å². The fourth-order valence-electron chi connectivity index (χ4n) is 3.34. The average molecular weight is 393 g/mol. The fraction of sp³-hybridized carbons (Fsp3) is 0.182. The maximum atomic E-state index is 12.9. The molecular formula is C22H20FN3O3. The number of ether oxygens (including phenoxy) is 2. The number of carbonyl (C=O) groups is 1. The molecule has 1 aromatic heterocycles. The van der Waals surface area contributed by atoms with Crippen LogP contribution in [0.1, 0.15) is 22.5 Å². The number of rotatable bonds is 5. The Morgan fingerprint density at radius 3 is 2.69 bits per heavy atom. The van der Waals surface area contributed by atoms with Crippen molar-refractivity contribution in [3.8, 4) is 17.2 Å². The van der Waals surface area contributed by atoms with Crippen molar-refractivity contribution in [1.82, 2.24) is 9.99 Å². The first-order valence-electron chi connectivity index (χ1n) is 9.16. The molecule has 2 aromatic carbocycles. The van der Waals surface area contributed by atoms with E-state index in [1.165, 1.54) is 12.1 Å². The van der Waals surface area contributed by atoms with E-state index in [-0.39, 0.29) is 24.9 Å². The third-order valence-corrected chi connectivity index (χ3v) is 4.76. The largest absolute Gasteiger partial charge is 0.454 e. The fourth-order valence-corrected chi connectivity index (χ4v) is 3.34. The van der Waals surface area contributed by atoms with Crippen molar-refractivity contribution in [2.75, 3.05) is 6.79 Å². The summed E-state index contributed by atoms with van der Waals surface area (Å²) in [6, 6.07) is 13.6. The zero-order valence-electron chi connectivity index (χ0n) is 16.1. The van der Waals surface area contributed by atoms with Gasteiger partial charge in [-0.25, -0.2) is 9.82 Å². The van der Waals surface area contributed by atoms with Crippen molar-refractivity contribution in [2.45, 2.75) is 20.3 Å². The van der Waals surface area contributed by atoms with Gasteiger partial charge in [-0.1, -0.05) is 12.1 Å². The van der Waals surface area contributed by atoms with Gasteiger partial charge in [-0.15, -0.1) is 0 Å². The topological polar surface area (TPSA) is 64.9 Å². The van der Waals surface area contributed by atoms with Gasteiger partial charge >= 0.3 is 0 Å². The molecule has 4 rings (SSSR count). The highest BCUT2D eigenvalue weighted by atomic mass is 19.1. The molecule has 2 heterocycles. The van der Waals surface area contributed by atoms with Gasteiger partial charge in [-0.05, 0) is 49.7 Å². The molecule has 3 aromatic rings. The van der Waals surface area contributed by atoms with Gasteiger partial charge in [0.15, 0.2) is 11.5 Å². The molecule has 0 bridgehead atoms. The molecule has 1 N–H and O–H groups in total. The number of aromatic nitrogens is 1. The Labute approximate surface area is 167 Å². The molecule has 1 aliphatic heterocycles. The van der Waals surface area contributed by atoms with E-state index in [2.05, 4.69) is 15.1 Å². The van der Waals surface area contributed by atoms with Crippen LogP contribution in [0.5, 0.6) is 11.5 Å². The molecule has 0 saturated heterocycles. The lowest BCUT2D eigenvalue weighted by molar-refractivity contribution is -0.120. The summed E-state index contributed by atoms with van der Waals surface area (Å²) < 4.78 is 25.9. The van der Waals surface area contributed by atoms with Gasteiger partial charge in [-0.3, -0.25) is 4.79 Å². The normalized spacial score (nSPS) is 12.5. The first kappa shape index (κ1) is 18.7. The molecule has 0 saturated carbocycles. The van der Waals surface area contributed by atoms with Gasteiger partial charge in [0.05, 0.1) is 12.6 Å². The minimum atomic E-state index is -0.329. The van der Waals surface area contributed by atoms with Crippen LogP contribution in [0.2, 0.25) is 0 Å². The first-order valence-corrected chi connectivity index (χ1v) is 9.16. The third kappa shape index (κ3) is 3.99. The predicted molar refractivity (Wildman–Crippen MR) is 107 cm³/mol. The lowest BCUT2D eigenvalue weighted by Crippen LogP contribution is -2.19. The van der Waals surface area contributed by atoms with Crippen LogP contribution in [-0.4, -0.2) is 23.5 Å². The van der Waals surface area contributed by atoms with Crippen LogP contribution < -0.4 is 14.9 Å². The quantitative estimate of drug-likeness (QED) is 0.532. The van der Waals surface area contributed by atoms with E-state index in [1.54, 1.807) is 18.3 Å². The number of nitrogens with zero attached hydrogens (tertiary/aromatic N) is 2. The van der Waals surface area contributed by atoms with Gasteiger partial charge < -0.3 is 14.0 Å². The number of carbonyl (C=O) groups excluding carboxylic acids is 1. The van der Waals surface area contributed by atoms with Crippen molar-refractivity contribution in [2.24, 2.45) is 5.10 Å². The summed E-state index contributed by atoms with van der Waals surface area (Å²) in [5.74, 6) is 0.863. The Morgan fingerprint density at radius 1 is 1.14 bits per heavy atom. The summed E-state index contributed by atoms with van der Waals surface area (Å²) in [7, 11) is 0. The predicted octanol–water partition coefficient (Wildman–Crippen LogP) is 3.65. The molecule has 0 spiro atoms. The highest BCUT2D eigenvalue weighted by Gasteiger charge is 2.16. The Hall–Kier alpha value is -3.61. The molecule has 6 nitrogen and oxygen atoms in total. The van der Waals surface area contributed by atoms with Gasteiger partial charge in [0, 0.05) is 28.7 Å². The number of hydrogen-bond donors (Lipinski definition) is 1. The molecule has 0 radical (unpaired) electrons. The van der Waals surface area contributed by atoms with Crippen LogP contribution in [0.3, 0.4) is 0 Å². The molecule has 0 atom stereocenters. The molecule has 0 aliphatic carbocycles. The maximum Gasteiger partial charge on any atom is 0.244 e. The van der Waals surface area contributed by atoms with Crippen LogP contribution in [0.25, 0.3) is 5.69 Å². The molecule has 0 unspecified atom stereocenters. The second kappa shape index (κ2) is 7.79. The van der Waals surface area contributed by atoms with E-state index in [4.69, 9.17) is 9.47 Å². The molecule has 29 heavy (non-hydrogen) atoms. The summed E-state index contributed by atoms with van der Waals surface area (Å²) in [4.78, 5) is 12.0. The van der Waals surface area contributed by atoms with Crippen LogP contribution in [0.4, 0.5) is 4.39 Å². The summed E-state index contributed by atoms with van der Waals surface area (Å²) in [6.07, 6.45) is 1.75. The number of aryl methyl sites for hydroxylation is 1. The van der Waals surface area contributed by atoms with Gasteiger partial charge in [0.25, 0.3) is 0 Å². The average Bonchev–Trinajstić information content (AvgIpc) is 3.27. The molecule has 0 fully saturated rings. The number of hydrazone groups is 1.